The summed E-state index contributed by atoms with van der Waals surface area (Å²) < 4.78 is 9.61. The summed E-state index contributed by atoms with van der Waals surface area (Å²) in [4.78, 5) is 10.9. The van der Waals surface area contributed by atoms with Crippen molar-refractivity contribution >= 4 is 6.09 Å². The first-order valence-electron chi connectivity index (χ1n) is 5.19. The normalized spacial score (nSPS) is 14.2. The number of hydrogen-bond donors (Lipinski definition) is 4. The first-order chi connectivity index (χ1) is 7.63. The van der Waals surface area contributed by atoms with E-state index in [0.29, 0.717) is 19.5 Å². The van der Waals surface area contributed by atoms with Gasteiger partial charge in [-0.2, -0.15) is 0 Å². The van der Waals surface area contributed by atoms with Crippen LogP contribution in [0, 0.1) is 0 Å². The van der Waals surface area contributed by atoms with Crippen LogP contribution in [-0.2, 0) is 9.47 Å². The van der Waals surface area contributed by atoms with Crippen molar-refractivity contribution in [2.45, 2.75) is 25.7 Å². The van der Waals surface area contributed by atoms with Gasteiger partial charge in [-0.25, -0.2) is 4.79 Å². The Kier molecular flexibility index (Phi) is 8.82. The van der Waals surface area contributed by atoms with E-state index in [0.717, 1.165) is 0 Å². The number of amides is 1. The fourth-order valence-corrected chi connectivity index (χ4v) is 0.902. The Labute approximate surface area is 94.5 Å². The molecule has 0 aliphatic rings. The van der Waals surface area contributed by atoms with Crippen molar-refractivity contribution in [1.29, 1.82) is 0 Å². The summed E-state index contributed by atoms with van der Waals surface area (Å²) in [5, 5.41) is 20.5. The van der Waals surface area contributed by atoms with Gasteiger partial charge in [-0.05, 0) is 6.42 Å². The molecule has 0 saturated carbocycles. The molecule has 0 aromatic heterocycles. The van der Waals surface area contributed by atoms with E-state index in [1.54, 1.807) is 0 Å². The Balaban J connectivity index is 3.63. The molecule has 7 heteroatoms. The molecule has 0 rings (SSSR count). The van der Waals surface area contributed by atoms with Crippen molar-refractivity contribution in [3.05, 3.63) is 0 Å². The molecule has 0 spiro atoms. The van der Waals surface area contributed by atoms with Crippen LogP contribution in [0.2, 0.25) is 0 Å². The lowest BCUT2D eigenvalue weighted by Crippen LogP contribution is -2.34. The lowest BCUT2D eigenvalue weighted by molar-refractivity contribution is -0.165. The lowest BCUT2D eigenvalue weighted by Gasteiger charge is -2.18. The largest absolute Gasteiger partial charge is 0.444 e. The standard InChI is InChI=1S/C9H20N2O5/c1-2-7(5-12)16-8(13)6-15-9(14)11-4-3-10/h7-8,12-13H,2-6,10H2,1H3,(H,11,14). The van der Waals surface area contributed by atoms with Gasteiger partial charge in [0.1, 0.15) is 6.61 Å². The summed E-state index contributed by atoms with van der Waals surface area (Å²) in [6.45, 7) is 1.96. The van der Waals surface area contributed by atoms with Crippen LogP contribution in [0.5, 0.6) is 0 Å². The molecule has 0 radical (unpaired) electrons. The SMILES string of the molecule is CCC(CO)OC(O)COC(=O)NCCN. The zero-order valence-electron chi connectivity index (χ0n) is 9.39. The molecule has 0 bridgehead atoms. The van der Waals surface area contributed by atoms with Crippen molar-refractivity contribution in [3.8, 4) is 0 Å². The smallest absolute Gasteiger partial charge is 0.407 e. The van der Waals surface area contributed by atoms with Crippen molar-refractivity contribution in [2.24, 2.45) is 5.73 Å². The van der Waals surface area contributed by atoms with E-state index in [4.69, 9.17) is 15.6 Å². The number of aliphatic hydroxyl groups is 2. The molecule has 0 aromatic rings. The second-order valence-electron chi connectivity index (χ2n) is 3.12. The topological polar surface area (TPSA) is 114 Å². The van der Waals surface area contributed by atoms with Gasteiger partial charge in [-0.15, -0.1) is 0 Å². The van der Waals surface area contributed by atoms with Gasteiger partial charge in [0.25, 0.3) is 0 Å². The third-order valence-corrected chi connectivity index (χ3v) is 1.78. The third-order valence-electron chi connectivity index (χ3n) is 1.78. The minimum atomic E-state index is -1.24. The number of rotatable bonds is 8. The van der Waals surface area contributed by atoms with Crippen molar-refractivity contribution < 1.29 is 24.5 Å². The van der Waals surface area contributed by atoms with Crippen LogP contribution < -0.4 is 11.1 Å². The van der Waals surface area contributed by atoms with E-state index in [1.165, 1.54) is 0 Å². The van der Waals surface area contributed by atoms with Gasteiger partial charge in [-0.1, -0.05) is 6.92 Å². The van der Waals surface area contributed by atoms with Crippen LogP contribution in [0.3, 0.4) is 0 Å². The molecule has 0 aliphatic carbocycles. The van der Waals surface area contributed by atoms with E-state index >= 15 is 0 Å². The van der Waals surface area contributed by atoms with Crippen LogP contribution in [0.4, 0.5) is 4.79 Å². The van der Waals surface area contributed by atoms with E-state index in [9.17, 15) is 9.90 Å². The minimum Gasteiger partial charge on any atom is -0.444 e. The molecule has 0 fully saturated rings. The number of hydrogen-bond acceptors (Lipinski definition) is 6. The third kappa shape index (κ3) is 7.41. The Morgan fingerprint density at radius 1 is 1.56 bits per heavy atom. The van der Waals surface area contributed by atoms with Gasteiger partial charge in [0, 0.05) is 13.1 Å². The summed E-state index contributed by atoms with van der Waals surface area (Å²) in [7, 11) is 0. The van der Waals surface area contributed by atoms with E-state index in [1.807, 2.05) is 6.92 Å². The predicted molar refractivity (Wildman–Crippen MR) is 56.7 cm³/mol. The molecule has 16 heavy (non-hydrogen) atoms. The zero-order chi connectivity index (χ0) is 12.4. The second-order valence-corrected chi connectivity index (χ2v) is 3.12. The van der Waals surface area contributed by atoms with Gasteiger partial charge < -0.3 is 30.7 Å². The van der Waals surface area contributed by atoms with Crippen LogP contribution in [0.25, 0.3) is 0 Å². The van der Waals surface area contributed by atoms with E-state index in [-0.39, 0.29) is 13.2 Å². The highest BCUT2D eigenvalue weighted by atomic mass is 16.6. The monoisotopic (exact) mass is 236 g/mol. The first-order valence-corrected chi connectivity index (χ1v) is 5.19. The molecule has 0 aromatic carbocycles. The molecule has 0 saturated heterocycles. The van der Waals surface area contributed by atoms with Gasteiger partial charge in [-0.3, -0.25) is 0 Å². The van der Waals surface area contributed by atoms with Crippen LogP contribution in [-0.4, -0.2) is 55.0 Å². The first kappa shape index (κ1) is 15.1. The number of carbonyl (C=O) groups excluding carboxylic acids is 1. The summed E-state index contributed by atoms with van der Waals surface area (Å²) in [6, 6.07) is 0. The molecule has 0 aliphatic heterocycles. The number of aliphatic hydroxyl groups excluding tert-OH is 2. The quantitative estimate of drug-likeness (QED) is 0.393. The second kappa shape index (κ2) is 9.34. The maximum atomic E-state index is 10.9. The summed E-state index contributed by atoms with van der Waals surface area (Å²) >= 11 is 0. The maximum Gasteiger partial charge on any atom is 0.407 e. The Bertz CT molecular complexity index is 187. The molecule has 2 unspecified atom stereocenters. The summed E-state index contributed by atoms with van der Waals surface area (Å²) in [6.07, 6.45) is -1.79. The number of nitrogens with one attached hydrogen (secondary N) is 1. The average molecular weight is 236 g/mol. The molecule has 2 atom stereocenters. The lowest BCUT2D eigenvalue weighted by atomic mass is 10.3. The van der Waals surface area contributed by atoms with Crippen LogP contribution in [0.15, 0.2) is 0 Å². The molecular weight excluding hydrogens is 216 g/mol. The average Bonchev–Trinajstić information content (AvgIpc) is 2.30. The van der Waals surface area contributed by atoms with Gasteiger partial charge in [0.05, 0.1) is 12.7 Å². The van der Waals surface area contributed by atoms with Gasteiger partial charge in [0.2, 0.25) is 0 Å². The Morgan fingerprint density at radius 3 is 2.75 bits per heavy atom. The van der Waals surface area contributed by atoms with Crippen molar-refractivity contribution in [1.82, 2.24) is 5.32 Å². The number of nitrogens with two attached hydrogens (primary N) is 1. The molecule has 5 N–H and O–H groups in total. The maximum absolute atomic E-state index is 10.9. The van der Waals surface area contributed by atoms with Gasteiger partial charge in [0.15, 0.2) is 6.29 Å². The predicted octanol–water partition coefficient (Wildman–Crippen LogP) is -1.22. The number of ether oxygens (including phenoxy) is 2. The number of alkyl carbamates (subject to hydrolysis) is 1. The van der Waals surface area contributed by atoms with Crippen molar-refractivity contribution in [2.75, 3.05) is 26.3 Å². The molecule has 7 nitrogen and oxygen atoms in total. The molecule has 1 amide bonds. The highest BCUT2D eigenvalue weighted by molar-refractivity contribution is 5.67. The van der Waals surface area contributed by atoms with E-state index in [2.05, 4.69) is 10.1 Å². The molecule has 0 heterocycles. The molecule has 96 valence electrons. The van der Waals surface area contributed by atoms with E-state index < -0.39 is 18.5 Å². The Morgan fingerprint density at radius 2 is 2.25 bits per heavy atom. The minimum absolute atomic E-state index is 0.188. The van der Waals surface area contributed by atoms with Gasteiger partial charge >= 0.3 is 6.09 Å². The number of carbonyl (C=O) groups is 1. The van der Waals surface area contributed by atoms with Crippen molar-refractivity contribution in [3.63, 3.8) is 0 Å². The summed E-state index contributed by atoms with van der Waals surface area (Å²) in [5.41, 5.74) is 5.16. The molecular formula is C9H20N2O5. The fourth-order valence-electron chi connectivity index (χ4n) is 0.902. The zero-order valence-corrected chi connectivity index (χ0v) is 9.39. The van der Waals surface area contributed by atoms with Crippen LogP contribution in [0.1, 0.15) is 13.3 Å². The van der Waals surface area contributed by atoms with Crippen LogP contribution >= 0.6 is 0 Å². The highest BCUT2D eigenvalue weighted by Crippen LogP contribution is 2.00. The summed E-state index contributed by atoms with van der Waals surface area (Å²) in [5.74, 6) is 0. The fraction of sp³-hybridized carbons (Fsp3) is 0.889. The Hall–Kier alpha value is -0.890. The highest BCUT2D eigenvalue weighted by Gasteiger charge is 2.13.